The number of rotatable bonds is 7. The maximum Gasteiger partial charge on any atom is 0.274 e. The number of furan rings is 1. The van der Waals surface area contributed by atoms with Gasteiger partial charge in [-0.3, -0.25) is 4.79 Å². The molecule has 1 heterocycles. The smallest absolute Gasteiger partial charge is 0.274 e. The van der Waals surface area contributed by atoms with E-state index < -0.39 is 0 Å². The lowest BCUT2D eigenvalue weighted by molar-refractivity contribution is 0.0953. The average Bonchev–Trinajstić information content (AvgIpc) is 2.74. The first-order valence-electron chi connectivity index (χ1n) is 6.11. The van der Waals surface area contributed by atoms with Crippen LogP contribution >= 0.6 is 0 Å². The molecule has 94 valence electrons. The van der Waals surface area contributed by atoms with E-state index in [-0.39, 0.29) is 5.91 Å². The van der Waals surface area contributed by atoms with Crippen LogP contribution in [0.3, 0.4) is 0 Å². The zero-order valence-electron chi connectivity index (χ0n) is 10.5. The molecule has 0 aliphatic rings. The van der Waals surface area contributed by atoms with Crippen molar-refractivity contribution in [3.8, 4) is 0 Å². The number of hydrazone groups is 1. The van der Waals surface area contributed by atoms with Crippen molar-refractivity contribution < 1.29 is 9.21 Å². The molecule has 4 nitrogen and oxygen atoms in total. The van der Waals surface area contributed by atoms with Crippen molar-refractivity contribution >= 4 is 12.1 Å². The summed E-state index contributed by atoms with van der Waals surface area (Å²) in [5.74, 6) is 0.390. The monoisotopic (exact) mass is 236 g/mol. The Morgan fingerprint density at radius 2 is 2.29 bits per heavy atom. The van der Waals surface area contributed by atoms with Gasteiger partial charge in [0.25, 0.3) is 5.91 Å². The molecular formula is C13H20N2O2. The molecule has 17 heavy (non-hydrogen) atoms. The topological polar surface area (TPSA) is 54.6 Å². The Balaban J connectivity index is 2.20. The SMILES string of the molecule is CCCCCC/C=N/NC(=O)c1ccoc1C. The predicted molar refractivity (Wildman–Crippen MR) is 68.2 cm³/mol. The van der Waals surface area contributed by atoms with E-state index in [9.17, 15) is 4.79 Å². The van der Waals surface area contributed by atoms with Gasteiger partial charge < -0.3 is 4.42 Å². The number of nitrogens with one attached hydrogen (secondary N) is 1. The van der Waals surface area contributed by atoms with E-state index in [1.54, 1.807) is 19.2 Å². The van der Waals surface area contributed by atoms with Gasteiger partial charge in [0.1, 0.15) is 5.76 Å². The van der Waals surface area contributed by atoms with E-state index >= 15 is 0 Å². The number of aryl methyl sites for hydroxylation is 1. The van der Waals surface area contributed by atoms with E-state index in [0.29, 0.717) is 11.3 Å². The van der Waals surface area contributed by atoms with E-state index in [1.807, 2.05) is 0 Å². The number of amides is 1. The van der Waals surface area contributed by atoms with Crippen LogP contribution in [-0.2, 0) is 0 Å². The first-order chi connectivity index (χ1) is 8.25. The Kier molecular flexibility index (Phi) is 6.07. The first kappa shape index (κ1) is 13.5. The summed E-state index contributed by atoms with van der Waals surface area (Å²) in [7, 11) is 0. The van der Waals surface area contributed by atoms with Crippen LogP contribution in [0.25, 0.3) is 0 Å². The molecule has 0 aliphatic heterocycles. The third-order valence-electron chi connectivity index (χ3n) is 2.55. The fourth-order valence-corrected chi connectivity index (χ4v) is 1.51. The quantitative estimate of drug-likeness (QED) is 0.448. The highest BCUT2D eigenvalue weighted by Gasteiger charge is 2.09. The summed E-state index contributed by atoms with van der Waals surface area (Å²) >= 11 is 0. The van der Waals surface area contributed by atoms with E-state index in [4.69, 9.17) is 4.42 Å². The minimum Gasteiger partial charge on any atom is -0.469 e. The van der Waals surface area contributed by atoms with Gasteiger partial charge in [0.2, 0.25) is 0 Å². The number of unbranched alkanes of at least 4 members (excludes halogenated alkanes) is 4. The van der Waals surface area contributed by atoms with Gasteiger partial charge >= 0.3 is 0 Å². The van der Waals surface area contributed by atoms with Gasteiger partial charge in [0.05, 0.1) is 11.8 Å². The van der Waals surface area contributed by atoms with Gasteiger partial charge in [0.15, 0.2) is 0 Å². The Labute approximate surface area is 102 Å². The summed E-state index contributed by atoms with van der Waals surface area (Å²) in [4.78, 5) is 11.6. The number of carbonyl (C=O) groups excluding carboxylic acids is 1. The fourth-order valence-electron chi connectivity index (χ4n) is 1.51. The molecule has 1 rings (SSSR count). The lowest BCUT2D eigenvalue weighted by Gasteiger charge is -1.97. The highest BCUT2D eigenvalue weighted by molar-refractivity contribution is 5.95. The Hall–Kier alpha value is -1.58. The molecule has 1 aromatic rings. The van der Waals surface area contributed by atoms with E-state index in [2.05, 4.69) is 17.5 Å². The van der Waals surface area contributed by atoms with Gasteiger partial charge in [-0.2, -0.15) is 5.10 Å². The van der Waals surface area contributed by atoms with Crippen molar-refractivity contribution in [3.63, 3.8) is 0 Å². The zero-order valence-corrected chi connectivity index (χ0v) is 10.5. The maximum absolute atomic E-state index is 11.6. The average molecular weight is 236 g/mol. The van der Waals surface area contributed by atoms with Crippen LogP contribution in [-0.4, -0.2) is 12.1 Å². The number of carbonyl (C=O) groups is 1. The standard InChI is InChI=1S/C13H20N2O2/c1-3-4-5-6-7-9-14-15-13(16)12-8-10-17-11(12)2/h8-10H,3-7H2,1-2H3,(H,15,16)/b14-9+. The summed E-state index contributed by atoms with van der Waals surface area (Å²) in [6, 6.07) is 1.64. The zero-order chi connectivity index (χ0) is 12.5. The summed E-state index contributed by atoms with van der Waals surface area (Å²) in [6.45, 7) is 3.94. The van der Waals surface area contributed by atoms with Gasteiger partial charge in [-0.05, 0) is 25.8 Å². The molecule has 0 saturated heterocycles. The minimum absolute atomic E-state index is 0.221. The second-order valence-electron chi connectivity index (χ2n) is 3.99. The van der Waals surface area contributed by atoms with Crippen LogP contribution in [0.15, 0.2) is 21.8 Å². The van der Waals surface area contributed by atoms with Crippen LogP contribution in [0.5, 0.6) is 0 Å². The van der Waals surface area contributed by atoms with Crippen molar-refractivity contribution in [3.05, 3.63) is 23.7 Å². The molecule has 0 atom stereocenters. The van der Waals surface area contributed by atoms with Crippen molar-refractivity contribution in [1.29, 1.82) is 0 Å². The van der Waals surface area contributed by atoms with Crippen molar-refractivity contribution in [1.82, 2.24) is 5.43 Å². The third kappa shape index (κ3) is 4.85. The molecule has 0 bridgehead atoms. The summed E-state index contributed by atoms with van der Waals surface area (Å²) < 4.78 is 5.04. The van der Waals surface area contributed by atoms with Crippen molar-refractivity contribution in [2.45, 2.75) is 46.0 Å². The largest absolute Gasteiger partial charge is 0.469 e. The highest BCUT2D eigenvalue weighted by atomic mass is 16.3. The molecule has 0 aromatic carbocycles. The number of hydrogen-bond donors (Lipinski definition) is 1. The minimum atomic E-state index is -0.221. The molecule has 0 aliphatic carbocycles. The van der Waals surface area contributed by atoms with E-state index in [1.165, 1.54) is 25.5 Å². The molecule has 1 N–H and O–H groups in total. The second kappa shape index (κ2) is 7.65. The Bertz CT molecular complexity index is 369. The van der Waals surface area contributed by atoms with Crippen LogP contribution in [0, 0.1) is 6.92 Å². The first-order valence-corrected chi connectivity index (χ1v) is 6.11. The molecular weight excluding hydrogens is 216 g/mol. The molecule has 0 radical (unpaired) electrons. The van der Waals surface area contributed by atoms with Gasteiger partial charge in [-0.25, -0.2) is 5.43 Å². The fraction of sp³-hybridized carbons (Fsp3) is 0.538. The van der Waals surface area contributed by atoms with Gasteiger partial charge in [-0.1, -0.05) is 26.2 Å². The van der Waals surface area contributed by atoms with Crippen molar-refractivity contribution in [2.24, 2.45) is 5.10 Å². The molecule has 4 heteroatoms. The molecule has 0 fully saturated rings. The molecule has 0 spiro atoms. The Morgan fingerprint density at radius 3 is 2.94 bits per heavy atom. The Morgan fingerprint density at radius 1 is 1.47 bits per heavy atom. The van der Waals surface area contributed by atoms with Crippen LogP contribution in [0.1, 0.15) is 55.1 Å². The normalized spacial score (nSPS) is 10.9. The number of hydrogen-bond acceptors (Lipinski definition) is 3. The summed E-state index contributed by atoms with van der Waals surface area (Å²) in [6.07, 6.45) is 8.99. The van der Waals surface area contributed by atoms with Crippen LogP contribution in [0.4, 0.5) is 0 Å². The van der Waals surface area contributed by atoms with E-state index in [0.717, 1.165) is 12.8 Å². The molecule has 1 aromatic heterocycles. The van der Waals surface area contributed by atoms with Gasteiger partial charge in [-0.15, -0.1) is 0 Å². The highest BCUT2D eigenvalue weighted by Crippen LogP contribution is 2.07. The lowest BCUT2D eigenvalue weighted by atomic mass is 10.2. The molecule has 0 unspecified atom stereocenters. The van der Waals surface area contributed by atoms with Crippen LogP contribution in [0.2, 0.25) is 0 Å². The van der Waals surface area contributed by atoms with Gasteiger partial charge in [0, 0.05) is 6.21 Å². The predicted octanol–water partition coefficient (Wildman–Crippen LogP) is 3.27. The molecule has 1 amide bonds. The summed E-state index contributed by atoms with van der Waals surface area (Å²) in [5, 5.41) is 3.90. The number of nitrogens with zero attached hydrogens (tertiary/aromatic N) is 1. The van der Waals surface area contributed by atoms with Crippen LogP contribution < -0.4 is 5.43 Å². The third-order valence-corrected chi connectivity index (χ3v) is 2.55. The maximum atomic E-state index is 11.6. The lowest BCUT2D eigenvalue weighted by Crippen LogP contribution is -2.17. The molecule has 0 saturated carbocycles. The van der Waals surface area contributed by atoms with Crippen molar-refractivity contribution in [2.75, 3.05) is 0 Å². The summed E-state index contributed by atoms with van der Waals surface area (Å²) in [5.41, 5.74) is 3.02. The second-order valence-corrected chi connectivity index (χ2v) is 3.99.